The second kappa shape index (κ2) is 5.63. The number of thiazole rings is 1. The van der Waals surface area contributed by atoms with Crippen LogP contribution in [0.5, 0.6) is 0 Å². The fraction of sp³-hybridized carbons (Fsp3) is 0.615. The molecule has 0 atom stereocenters. The summed E-state index contributed by atoms with van der Waals surface area (Å²) in [4.78, 5) is 5.83. The average Bonchev–Trinajstić information content (AvgIpc) is 2.79. The van der Waals surface area contributed by atoms with E-state index in [1.165, 1.54) is 5.69 Å². The molecule has 0 aliphatic carbocycles. The first kappa shape index (κ1) is 13.9. The second-order valence-electron chi connectivity index (χ2n) is 5.31. The molecular weight excluding hydrogens is 262 g/mol. The van der Waals surface area contributed by atoms with Crippen LogP contribution in [0.15, 0.2) is 16.6 Å². The zero-order valence-electron chi connectivity index (χ0n) is 11.5. The maximum Gasteiger partial charge on any atom is 0.194 e. The molecule has 5 heteroatoms. The minimum absolute atomic E-state index is 0.198. The van der Waals surface area contributed by atoms with Gasteiger partial charge in [-0.1, -0.05) is 39.5 Å². The Balaban J connectivity index is 2.26. The first-order chi connectivity index (χ1) is 8.51. The molecule has 18 heavy (non-hydrogen) atoms. The Morgan fingerprint density at radius 2 is 2.22 bits per heavy atom. The molecule has 0 amide bonds. The predicted octanol–water partition coefficient (Wildman–Crippen LogP) is 3.79. The van der Waals surface area contributed by atoms with Crippen LogP contribution in [0.3, 0.4) is 0 Å². The Morgan fingerprint density at radius 1 is 1.44 bits per heavy atom. The van der Waals surface area contributed by atoms with E-state index in [4.69, 9.17) is 4.98 Å². The highest BCUT2D eigenvalue weighted by Gasteiger charge is 2.19. The van der Waals surface area contributed by atoms with Crippen LogP contribution in [0.4, 0.5) is 0 Å². The monoisotopic (exact) mass is 283 g/mol. The number of hydrogen-bond donors (Lipinski definition) is 1. The molecular formula is C13H21N3S2. The summed E-state index contributed by atoms with van der Waals surface area (Å²) < 4.78 is 2.41. The van der Waals surface area contributed by atoms with Crippen LogP contribution < -0.4 is 5.32 Å². The van der Waals surface area contributed by atoms with Gasteiger partial charge in [0.05, 0.1) is 5.69 Å². The van der Waals surface area contributed by atoms with E-state index >= 15 is 0 Å². The number of hydrogen-bond acceptors (Lipinski definition) is 4. The summed E-state index contributed by atoms with van der Waals surface area (Å²) in [6, 6.07) is 0. The van der Waals surface area contributed by atoms with Crippen molar-refractivity contribution in [1.82, 2.24) is 14.7 Å². The third-order valence-corrected chi connectivity index (χ3v) is 4.34. The normalized spacial score (nSPS) is 12.4. The van der Waals surface area contributed by atoms with Crippen LogP contribution in [-0.4, -0.2) is 20.7 Å². The second-order valence-corrected chi connectivity index (χ2v) is 8.00. The van der Waals surface area contributed by atoms with Crippen molar-refractivity contribution >= 4 is 28.1 Å². The standard InChI is InChI=1S/C13H21N3S2/c1-5-6-14-9-10-11(18-13(2,3)4)15-12-16(10)7-8-17-12/h7-8,14H,5-6,9H2,1-4H3. The van der Waals surface area contributed by atoms with Gasteiger partial charge in [0.2, 0.25) is 0 Å². The molecule has 3 nitrogen and oxygen atoms in total. The molecule has 0 radical (unpaired) electrons. The molecule has 2 aromatic rings. The average molecular weight is 283 g/mol. The molecule has 0 fully saturated rings. The summed E-state index contributed by atoms with van der Waals surface area (Å²) in [6.45, 7) is 10.8. The smallest absolute Gasteiger partial charge is 0.194 e. The predicted molar refractivity (Wildman–Crippen MR) is 80.7 cm³/mol. The van der Waals surface area contributed by atoms with Gasteiger partial charge in [-0.15, -0.1) is 11.3 Å². The van der Waals surface area contributed by atoms with E-state index in [1.807, 2.05) is 11.8 Å². The topological polar surface area (TPSA) is 29.3 Å². The van der Waals surface area contributed by atoms with Crippen LogP contribution in [0.25, 0.3) is 4.96 Å². The number of fused-ring (bicyclic) bond motifs is 1. The van der Waals surface area contributed by atoms with Crippen LogP contribution in [0, 0.1) is 0 Å². The third kappa shape index (κ3) is 3.28. The van der Waals surface area contributed by atoms with E-state index in [9.17, 15) is 0 Å². The van der Waals surface area contributed by atoms with Crippen molar-refractivity contribution in [3.63, 3.8) is 0 Å². The van der Waals surface area contributed by atoms with Crippen LogP contribution in [0.1, 0.15) is 39.8 Å². The number of nitrogens with zero attached hydrogens (tertiary/aromatic N) is 2. The van der Waals surface area contributed by atoms with Crippen molar-refractivity contribution in [2.24, 2.45) is 0 Å². The Hall–Kier alpha value is -0.520. The van der Waals surface area contributed by atoms with Crippen LogP contribution >= 0.6 is 23.1 Å². The SMILES string of the molecule is CCCNCc1c(SC(C)(C)C)nc2sccn12. The lowest BCUT2D eigenvalue weighted by atomic mass is 10.3. The van der Waals surface area contributed by atoms with Crippen molar-refractivity contribution in [2.45, 2.75) is 50.4 Å². The van der Waals surface area contributed by atoms with E-state index in [0.717, 1.165) is 29.5 Å². The highest BCUT2D eigenvalue weighted by atomic mass is 32.2. The summed E-state index contributed by atoms with van der Waals surface area (Å²) in [5.74, 6) is 0. The van der Waals surface area contributed by atoms with Gasteiger partial charge in [-0.05, 0) is 13.0 Å². The summed E-state index contributed by atoms with van der Waals surface area (Å²) in [5, 5.41) is 6.74. The van der Waals surface area contributed by atoms with Crippen molar-refractivity contribution in [3.05, 3.63) is 17.3 Å². The Bertz CT molecular complexity index is 508. The van der Waals surface area contributed by atoms with Crippen LogP contribution in [0.2, 0.25) is 0 Å². The van der Waals surface area contributed by atoms with Gasteiger partial charge in [-0.2, -0.15) is 0 Å². The molecule has 0 aliphatic heterocycles. The Labute approximate surface area is 117 Å². The summed E-state index contributed by atoms with van der Waals surface area (Å²) in [6.07, 6.45) is 3.27. The van der Waals surface area contributed by atoms with Gasteiger partial charge in [0, 0.05) is 22.9 Å². The van der Waals surface area contributed by atoms with Gasteiger partial charge >= 0.3 is 0 Å². The van der Waals surface area contributed by atoms with Gasteiger partial charge < -0.3 is 5.32 Å². The molecule has 2 aromatic heterocycles. The number of nitrogens with one attached hydrogen (secondary N) is 1. The van der Waals surface area contributed by atoms with Crippen molar-refractivity contribution in [1.29, 1.82) is 0 Å². The molecule has 0 aromatic carbocycles. The number of rotatable bonds is 5. The molecule has 0 saturated heterocycles. The lowest BCUT2D eigenvalue weighted by molar-refractivity contribution is 0.652. The molecule has 0 saturated carbocycles. The van der Waals surface area contributed by atoms with E-state index in [1.54, 1.807) is 11.3 Å². The molecule has 1 N–H and O–H groups in total. The zero-order valence-corrected chi connectivity index (χ0v) is 13.1. The summed E-state index contributed by atoms with van der Waals surface area (Å²) in [5.41, 5.74) is 1.29. The summed E-state index contributed by atoms with van der Waals surface area (Å²) in [7, 11) is 0. The van der Waals surface area contributed by atoms with E-state index in [-0.39, 0.29) is 4.75 Å². The van der Waals surface area contributed by atoms with Crippen LogP contribution in [-0.2, 0) is 6.54 Å². The lowest BCUT2D eigenvalue weighted by Gasteiger charge is -2.16. The largest absolute Gasteiger partial charge is 0.311 e. The van der Waals surface area contributed by atoms with Gasteiger partial charge in [-0.3, -0.25) is 4.40 Å². The van der Waals surface area contributed by atoms with E-state index in [0.29, 0.717) is 0 Å². The van der Waals surface area contributed by atoms with Gasteiger partial charge in [0.25, 0.3) is 0 Å². The van der Waals surface area contributed by atoms with Gasteiger partial charge in [0.1, 0.15) is 5.03 Å². The molecule has 0 spiro atoms. The highest BCUT2D eigenvalue weighted by Crippen LogP contribution is 2.34. The number of imidazole rings is 1. The highest BCUT2D eigenvalue weighted by molar-refractivity contribution is 8.00. The third-order valence-electron chi connectivity index (χ3n) is 2.45. The van der Waals surface area contributed by atoms with Crippen molar-refractivity contribution in [2.75, 3.05) is 6.54 Å². The molecule has 100 valence electrons. The molecule has 0 bridgehead atoms. The minimum Gasteiger partial charge on any atom is -0.311 e. The molecule has 0 unspecified atom stereocenters. The molecule has 2 rings (SSSR count). The maximum absolute atomic E-state index is 4.74. The fourth-order valence-electron chi connectivity index (χ4n) is 1.73. The molecule has 0 aliphatic rings. The van der Waals surface area contributed by atoms with E-state index in [2.05, 4.69) is 49.0 Å². The fourth-order valence-corrected chi connectivity index (χ4v) is 3.52. The van der Waals surface area contributed by atoms with Crippen molar-refractivity contribution < 1.29 is 0 Å². The summed E-state index contributed by atoms with van der Waals surface area (Å²) >= 11 is 3.55. The minimum atomic E-state index is 0.198. The van der Waals surface area contributed by atoms with E-state index < -0.39 is 0 Å². The molecule has 2 heterocycles. The van der Waals surface area contributed by atoms with Gasteiger partial charge in [0.15, 0.2) is 4.96 Å². The lowest BCUT2D eigenvalue weighted by Crippen LogP contribution is -2.16. The van der Waals surface area contributed by atoms with Gasteiger partial charge in [-0.25, -0.2) is 4.98 Å². The maximum atomic E-state index is 4.74. The Morgan fingerprint density at radius 3 is 2.89 bits per heavy atom. The zero-order chi connectivity index (χ0) is 13.2. The van der Waals surface area contributed by atoms with Crippen molar-refractivity contribution in [3.8, 4) is 0 Å². The first-order valence-corrected chi connectivity index (χ1v) is 8.05. The first-order valence-electron chi connectivity index (χ1n) is 6.35. The number of thioether (sulfide) groups is 1. The number of aromatic nitrogens is 2. The quantitative estimate of drug-likeness (QED) is 0.669. The Kier molecular flexibility index (Phi) is 4.35.